The van der Waals surface area contributed by atoms with Crippen LogP contribution >= 0.6 is 34.5 Å². The van der Waals surface area contributed by atoms with Crippen LogP contribution in [0.15, 0.2) is 36.5 Å². The second-order valence-electron chi connectivity index (χ2n) is 6.86. The second kappa shape index (κ2) is 8.25. The Kier molecular flexibility index (Phi) is 5.73. The van der Waals surface area contributed by atoms with Crippen molar-refractivity contribution in [3.63, 3.8) is 0 Å². The lowest BCUT2D eigenvalue weighted by Crippen LogP contribution is -2.41. The Morgan fingerprint density at radius 3 is 3.00 bits per heavy atom. The highest BCUT2D eigenvalue weighted by Crippen LogP contribution is 2.38. The Labute approximate surface area is 177 Å². The van der Waals surface area contributed by atoms with E-state index < -0.39 is 0 Å². The zero-order valence-corrected chi connectivity index (χ0v) is 17.4. The predicted octanol–water partition coefficient (Wildman–Crippen LogP) is 4.16. The maximum Gasteiger partial charge on any atom is 0.261 e. The highest BCUT2D eigenvalue weighted by atomic mass is 35.5. The van der Waals surface area contributed by atoms with Gasteiger partial charge in [-0.1, -0.05) is 35.3 Å². The molecule has 0 radical (unpaired) electrons. The van der Waals surface area contributed by atoms with Crippen LogP contribution in [0.3, 0.4) is 0 Å². The molecule has 146 valence electrons. The summed E-state index contributed by atoms with van der Waals surface area (Å²) < 4.78 is 1.92. The molecule has 0 aliphatic carbocycles. The molecule has 0 bridgehead atoms. The molecule has 1 atom stereocenters. The smallest absolute Gasteiger partial charge is 0.261 e. The molecule has 0 spiro atoms. The molecule has 3 heterocycles. The fourth-order valence-corrected chi connectivity index (χ4v) is 5.08. The standard InChI is InChI=1S/C20H20Cl2N4OS/c21-13-4-1-3-12(7-13)8-14(10-23)25-20(27)18-9-15-17(28-18)5-2-6-26-19(15)16(22)11-24-26/h1,3-4,7,9,11,14H,2,5-6,8,10,23H2,(H,25,27)/t14-/m0/s1. The normalized spacial score (nSPS) is 14.1. The largest absolute Gasteiger partial charge is 0.347 e. The molecular weight excluding hydrogens is 415 g/mol. The highest BCUT2D eigenvalue weighted by molar-refractivity contribution is 7.14. The Balaban J connectivity index is 1.54. The minimum Gasteiger partial charge on any atom is -0.347 e. The van der Waals surface area contributed by atoms with Gasteiger partial charge in [-0.2, -0.15) is 5.10 Å². The monoisotopic (exact) mass is 434 g/mol. The summed E-state index contributed by atoms with van der Waals surface area (Å²) in [5.74, 6) is -0.113. The predicted molar refractivity (Wildman–Crippen MR) is 114 cm³/mol. The topological polar surface area (TPSA) is 72.9 Å². The third-order valence-corrected chi connectivity index (χ3v) is 6.55. The summed E-state index contributed by atoms with van der Waals surface area (Å²) in [7, 11) is 0. The van der Waals surface area contributed by atoms with Crippen LogP contribution in [0.2, 0.25) is 10.0 Å². The molecule has 3 aromatic rings. The lowest BCUT2D eigenvalue weighted by atomic mass is 10.1. The second-order valence-corrected chi connectivity index (χ2v) is 8.84. The average Bonchev–Trinajstić information content (AvgIpc) is 3.20. The highest BCUT2D eigenvalue weighted by Gasteiger charge is 2.24. The average molecular weight is 435 g/mol. The third-order valence-electron chi connectivity index (χ3n) is 4.85. The molecule has 2 aromatic heterocycles. The zero-order chi connectivity index (χ0) is 19.7. The summed E-state index contributed by atoms with van der Waals surface area (Å²) >= 11 is 13.9. The maximum atomic E-state index is 12.9. The molecule has 0 saturated carbocycles. The summed E-state index contributed by atoms with van der Waals surface area (Å²) in [5, 5.41) is 8.70. The Hall–Kier alpha value is -1.86. The number of fused-ring (bicyclic) bond motifs is 3. The van der Waals surface area contributed by atoms with Gasteiger partial charge < -0.3 is 11.1 Å². The van der Waals surface area contributed by atoms with Crippen molar-refractivity contribution in [3.8, 4) is 11.3 Å². The van der Waals surface area contributed by atoms with E-state index in [9.17, 15) is 4.79 Å². The number of rotatable bonds is 5. The van der Waals surface area contributed by atoms with E-state index in [2.05, 4.69) is 10.4 Å². The number of benzene rings is 1. The van der Waals surface area contributed by atoms with Gasteiger partial charge in [-0.25, -0.2) is 0 Å². The van der Waals surface area contributed by atoms with E-state index in [1.165, 1.54) is 16.2 Å². The molecule has 28 heavy (non-hydrogen) atoms. The number of nitrogens with two attached hydrogens (primary N) is 1. The summed E-state index contributed by atoms with van der Waals surface area (Å²) in [6, 6.07) is 9.37. The number of nitrogens with zero attached hydrogens (tertiary/aromatic N) is 2. The van der Waals surface area contributed by atoms with Crippen LogP contribution in [0, 0.1) is 0 Å². The van der Waals surface area contributed by atoms with Crippen molar-refractivity contribution in [1.29, 1.82) is 0 Å². The molecule has 8 heteroatoms. The number of hydrogen-bond acceptors (Lipinski definition) is 4. The molecular formula is C20H20Cl2N4OS. The van der Waals surface area contributed by atoms with Crippen molar-refractivity contribution >= 4 is 40.4 Å². The maximum absolute atomic E-state index is 12.9. The minimum atomic E-state index is -0.165. The molecule has 0 fully saturated rings. The molecule has 1 amide bonds. The Morgan fingerprint density at radius 2 is 2.21 bits per heavy atom. The number of carbonyl (C=O) groups is 1. The first kappa shape index (κ1) is 19.5. The van der Waals surface area contributed by atoms with Crippen LogP contribution in [0.1, 0.15) is 26.5 Å². The molecule has 5 nitrogen and oxygen atoms in total. The number of aryl methyl sites for hydroxylation is 2. The van der Waals surface area contributed by atoms with E-state index in [4.69, 9.17) is 28.9 Å². The molecule has 0 unspecified atom stereocenters. The van der Waals surface area contributed by atoms with Gasteiger partial charge in [0.25, 0.3) is 5.91 Å². The summed E-state index contributed by atoms with van der Waals surface area (Å²) in [5.41, 5.74) is 8.85. The van der Waals surface area contributed by atoms with Gasteiger partial charge in [-0.3, -0.25) is 9.48 Å². The van der Waals surface area contributed by atoms with Gasteiger partial charge in [0.05, 0.1) is 21.8 Å². The van der Waals surface area contributed by atoms with E-state index in [0.29, 0.717) is 27.9 Å². The number of aromatic nitrogens is 2. The van der Waals surface area contributed by atoms with Gasteiger partial charge in [0.15, 0.2) is 0 Å². The fourth-order valence-electron chi connectivity index (χ4n) is 3.51. The van der Waals surface area contributed by atoms with Crippen LogP contribution in [0.4, 0.5) is 0 Å². The SMILES string of the molecule is NC[C@H](Cc1cccc(Cl)c1)NC(=O)c1cc2c(s1)CCCn1ncc(Cl)c1-2. The van der Waals surface area contributed by atoms with Crippen LogP contribution in [0.25, 0.3) is 11.3 Å². The molecule has 1 aliphatic rings. The summed E-state index contributed by atoms with van der Waals surface area (Å²) in [4.78, 5) is 14.7. The van der Waals surface area contributed by atoms with Crippen molar-refractivity contribution in [1.82, 2.24) is 15.1 Å². The zero-order valence-electron chi connectivity index (χ0n) is 15.1. The molecule has 4 rings (SSSR count). The molecule has 1 aliphatic heterocycles. The van der Waals surface area contributed by atoms with Crippen LogP contribution in [-0.4, -0.2) is 28.3 Å². The van der Waals surface area contributed by atoms with E-state index in [1.54, 1.807) is 6.20 Å². The first-order valence-electron chi connectivity index (χ1n) is 9.15. The molecule has 3 N–H and O–H groups in total. The lowest BCUT2D eigenvalue weighted by molar-refractivity contribution is 0.0942. The van der Waals surface area contributed by atoms with Gasteiger partial charge in [0.2, 0.25) is 0 Å². The van der Waals surface area contributed by atoms with Gasteiger partial charge >= 0.3 is 0 Å². The number of amides is 1. The van der Waals surface area contributed by atoms with E-state index in [1.807, 2.05) is 35.0 Å². The number of hydrogen-bond donors (Lipinski definition) is 2. The summed E-state index contributed by atoms with van der Waals surface area (Å²) in [6.07, 6.45) is 4.18. The quantitative estimate of drug-likeness (QED) is 0.632. The Bertz CT molecular complexity index is 1010. The fraction of sp³-hybridized carbons (Fsp3) is 0.300. The van der Waals surface area contributed by atoms with Gasteiger partial charge in [-0.15, -0.1) is 11.3 Å². The van der Waals surface area contributed by atoms with E-state index >= 15 is 0 Å². The number of halogens is 2. The lowest BCUT2D eigenvalue weighted by Gasteiger charge is -2.16. The van der Waals surface area contributed by atoms with E-state index in [-0.39, 0.29) is 11.9 Å². The third kappa shape index (κ3) is 3.96. The number of thiophene rings is 1. The first-order valence-corrected chi connectivity index (χ1v) is 10.7. The van der Waals surface area contributed by atoms with Crippen LogP contribution in [-0.2, 0) is 19.4 Å². The first-order chi connectivity index (χ1) is 13.5. The van der Waals surface area contributed by atoms with Crippen molar-refractivity contribution in [2.45, 2.75) is 31.8 Å². The molecule has 1 aromatic carbocycles. The van der Waals surface area contributed by atoms with Gasteiger partial charge in [0.1, 0.15) is 0 Å². The van der Waals surface area contributed by atoms with Crippen molar-refractivity contribution in [2.75, 3.05) is 6.54 Å². The number of carbonyl (C=O) groups excluding carboxylic acids is 1. The molecule has 0 saturated heterocycles. The van der Waals surface area contributed by atoms with Gasteiger partial charge in [0, 0.05) is 34.6 Å². The van der Waals surface area contributed by atoms with Crippen molar-refractivity contribution in [3.05, 3.63) is 61.9 Å². The Morgan fingerprint density at radius 1 is 1.36 bits per heavy atom. The van der Waals surface area contributed by atoms with E-state index in [0.717, 1.165) is 36.2 Å². The van der Waals surface area contributed by atoms with Crippen LogP contribution < -0.4 is 11.1 Å². The van der Waals surface area contributed by atoms with Crippen molar-refractivity contribution in [2.24, 2.45) is 5.73 Å². The summed E-state index contributed by atoms with van der Waals surface area (Å²) in [6.45, 7) is 1.18. The minimum absolute atomic E-state index is 0.113. The van der Waals surface area contributed by atoms with Crippen LogP contribution in [0.5, 0.6) is 0 Å². The number of nitrogens with one attached hydrogen (secondary N) is 1. The van der Waals surface area contributed by atoms with Gasteiger partial charge in [-0.05, 0) is 43.0 Å². The van der Waals surface area contributed by atoms with Crippen molar-refractivity contribution < 1.29 is 4.79 Å².